The van der Waals surface area contributed by atoms with Crippen LogP contribution in [0, 0.1) is 11.3 Å². The summed E-state index contributed by atoms with van der Waals surface area (Å²) in [5.74, 6) is -0.789. The molecule has 0 spiro atoms. The summed E-state index contributed by atoms with van der Waals surface area (Å²) in [5, 5.41) is 18.3. The van der Waals surface area contributed by atoms with E-state index in [0.29, 0.717) is 22.9 Å². The molecule has 7 heteroatoms. The van der Waals surface area contributed by atoms with Gasteiger partial charge in [0.2, 0.25) is 0 Å². The van der Waals surface area contributed by atoms with Crippen molar-refractivity contribution in [2.45, 2.75) is 0 Å². The van der Waals surface area contributed by atoms with Crippen molar-refractivity contribution in [1.82, 2.24) is 4.90 Å². The lowest BCUT2D eigenvalue weighted by atomic mass is 10.1. The van der Waals surface area contributed by atoms with Crippen LogP contribution >= 0.6 is 11.6 Å². The molecule has 2 rings (SSSR count). The number of ether oxygens (including phenoxy) is 2. The molecule has 0 radical (unpaired) electrons. The number of hydrogen-bond acceptors (Lipinski definition) is 5. The average Bonchev–Trinajstić information content (AvgIpc) is 2.55. The zero-order chi connectivity index (χ0) is 16.7. The van der Waals surface area contributed by atoms with Gasteiger partial charge in [-0.3, -0.25) is 4.90 Å². The van der Waals surface area contributed by atoms with Crippen molar-refractivity contribution in [1.29, 1.82) is 5.26 Å². The molecule has 1 saturated heterocycles. The molecule has 0 saturated carbocycles. The highest BCUT2D eigenvalue weighted by atomic mass is 35.5. The van der Waals surface area contributed by atoms with E-state index >= 15 is 0 Å². The summed E-state index contributed by atoms with van der Waals surface area (Å²) < 4.78 is 11.0. The molecule has 0 aliphatic carbocycles. The Morgan fingerprint density at radius 1 is 1.48 bits per heavy atom. The molecule has 23 heavy (non-hydrogen) atoms. The molecule has 1 aliphatic rings. The van der Waals surface area contributed by atoms with E-state index in [1.807, 2.05) is 0 Å². The molecule has 1 aliphatic heterocycles. The maximum atomic E-state index is 11.0. The fourth-order valence-electron chi connectivity index (χ4n) is 2.17. The quantitative estimate of drug-likeness (QED) is 0.632. The minimum atomic E-state index is -1.29. The third-order valence-electron chi connectivity index (χ3n) is 3.39. The number of aliphatic carboxylic acids is 1. The number of carbonyl (C=O) groups is 1. The van der Waals surface area contributed by atoms with Crippen LogP contribution in [0.2, 0.25) is 5.02 Å². The first-order chi connectivity index (χ1) is 11.1. The van der Waals surface area contributed by atoms with Gasteiger partial charge in [-0.05, 0) is 24.3 Å². The Labute approximate surface area is 139 Å². The molecule has 1 fully saturated rings. The third-order valence-corrected chi connectivity index (χ3v) is 3.63. The summed E-state index contributed by atoms with van der Waals surface area (Å²) >= 11 is 5.94. The molecule has 122 valence electrons. The number of morpholine rings is 1. The zero-order valence-corrected chi connectivity index (χ0v) is 13.3. The van der Waals surface area contributed by atoms with Gasteiger partial charge < -0.3 is 14.6 Å². The highest BCUT2D eigenvalue weighted by Gasteiger charge is 2.12. The van der Waals surface area contributed by atoms with Crippen LogP contribution in [0.3, 0.4) is 0 Å². The maximum absolute atomic E-state index is 11.0. The summed E-state index contributed by atoms with van der Waals surface area (Å²) in [4.78, 5) is 13.2. The number of carboxylic acid groups (broad SMARTS) is 1. The molecule has 0 atom stereocenters. The predicted octanol–water partition coefficient (Wildman–Crippen LogP) is 2.04. The zero-order valence-electron chi connectivity index (χ0n) is 12.5. The SMILES string of the molecule is N#C/C(=C/c1cc(Cl)ccc1OCCN1CCOCC1)C(=O)O. The van der Waals surface area contributed by atoms with Crippen LogP contribution in [0.15, 0.2) is 23.8 Å². The molecule has 1 N–H and O–H groups in total. The molecule has 6 nitrogen and oxygen atoms in total. The van der Waals surface area contributed by atoms with E-state index in [1.165, 1.54) is 6.08 Å². The summed E-state index contributed by atoms with van der Waals surface area (Å²) in [6, 6.07) is 6.55. The maximum Gasteiger partial charge on any atom is 0.346 e. The molecule has 1 heterocycles. The van der Waals surface area contributed by atoms with E-state index in [2.05, 4.69) is 4.90 Å². The van der Waals surface area contributed by atoms with E-state index in [9.17, 15) is 4.79 Å². The van der Waals surface area contributed by atoms with Crippen molar-refractivity contribution in [2.24, 2.45) is 0 Å². The summed E-state index contributed by atoms with van der Waals surface area (Å²) in [5.41, 5.74) is 0.101. The Bertz CT molecular complexity index is 633. The lowest BCUT2D eigenvalue weighted by Crippen LogP contribution is -2.38. The van der Waals surface area contributed by atoms with E-state index < -0.39 is 5.97 Å². The molecular formula is C16H17ClN2O4. The second-order valence-electron chi connectivity index (χ2n) is 4.96. The number of nitrogens with zero attached hydrogens (tertiary/aromatic N) is 2. The van der Waals surface area contributed by atoms with Gasteiger partial charge in [0.25, 0.3) is 0 Å². The van der Waals surface area contributed by atoms with Crippen molar-refractivity contribution in [3.63, 3.8) is 0 Å². The van der Waals surface area contributed by atoms with Crippen molar-refractivity contribution < 1.29 is 19.4 Å². The van der Waals surface area contributed by atoms with Gasteiger partial charge >= 0.3 is 5.97 Å². The van der Waals surface area contributed by atoms with Crippen LogP contribution < -0.4 is 4.74 Å². The fourth-order valence-corrected chi connectivity index (χ4v) is 2.35. The second-order valence-corrected chi connectivity index (χ2v) is 5.40. The molecule has 1 aromatic rings. The molecule has 0 amide bonds. The van der Waals surface area contributed by atoms with Crippen molar-refractivity contribution in [3.05, 3.63) is 34.4 Å². The van der Waals surface area contributed by atoms with Gasteiger partial charge in [0.05, 0.1) is 13.2 Å². The van der Waals surface area contributed by atoms with Gasteiger partial charge in [-0.2, -0.15) is 5.26 Å². The Balaban J connectivity index is 2.06. The van der Waals surface area contributed by atoms with Crippen LogP contribution in [-0.4, -0.2) is 55.4 Å². The predicted molar refractivity (Wildman–Crippen MR) is 85.4 cm³/mol. The smallest absolute Gasteiger partial charge is 0.346 e. The number of halogens is 1. The van der Waals surface area contributed by atoms with Gasteiger partial charge in [0, 0.05) is 30.2 Å². The molecule has 0 aromatic heterocycles. The lowest BCUT2D eigenvalue weighted by Gasteiger charge is -2.26. The van der Waals surface area contributed by atoms with Gasteiger partial charge in [0.15, 0.2) is 0 Å². The van der Waals surface area contributed by atoms with Crippen molar-refractivity contribution in [2.75, 3.05) is 39.5 Å². The van der Waals surface area contributed by atoms with Crippen LogP contribution in [0.1, 0.15) is 5.56 Å². The van der Waals surface area contributed by atoms with Gasteiger partial charge in [0.1, 0.15) is 24.0 Å². The average molecular weight is 337 g/mol. The summed E-state index contributed by atoms with van der Waals surface area (Å²) in [6.07, 6.45) is 1.26. The first-order valence-electron chi connectivity index (χ1n) is 7.17. The van der Waals surface area contributed by atoms with E-state index in [1.54, 1.807) is 24.3 Å². The van der Waals surface area contributed by atoms with Gasteiger partial charge in [-0.15, -0.1) is 0 Å². The molecule has 0 bridgehead atoms. The largest absolute Gasteiger partial charge is 0.492 e. The second kappa shape index (κ2) is 8.53. The highest BCUT2D eigenvalue weighted by molar-refractivity contribution is 6.30. The van der Waals surface area contributed by atoms with Gasteiger partial charge in [-0.1, -0.05) is 11.6 Å². The van der Waals surface area contributed by atoms with E-state index in [4.69, 9.17) is 31.4 Å². The van der Waals surface area contributed by atoms with Crippen molar-refractivity contribution >= 4 is 23.6 Å². The highest BCUT2D eigenvalue weighted by Crippen LogP contribution is 2.25. The topological polar surface area (TPSA) is 82.8 Å². The van der Waals surface area contributed by atoms with Crippen LogP contribution in [0.4, 0.5) is 0 Å². The van der Waals surface area contributed by atoms with Crippen LogP contribution in [0.5, 0.6) is 5.75 Å². The minimum absolute atomic E-state index is 0.370. The lowest BCUT2D eigenvalue weighted by molar-refractivity contribution is -0.132. The van der Waals surface area contributed by atoms with Gasteiger partial charge in [-0.25, -0.2) is 4.79 Å². The van der Waals surface area contributed by atoms with Crippen LogP contribution in [0.25, 0.3) is 6.08 Å². The number of carboxylic acids is 1. The normalized spacial score (nSPS) is 15.9. The van der Waals surface area contributed by atoms with E-state index in [0.717, 1.165) is 32.8 Å². The summed E-state index contributed by atoms with van der Waals surface area (Å²) in [6.45, 7) is 4.39. The fraction of sp³-hybridized carbons (Fsp3) is 0.375. The molecule has 1 aromatic carbocycles. The van der Waals surface area contributed by atoms with E-state index in [-0.39, 0.29) is 5.57 Å². The van der Waals surface area contributed by atoms with Crippen LogP contribution in [-0.2, 0) is 9.53 Å². The minimum Gasteiger partial charge on any atom is -0.492 e. The first-order valence-corrected chi connectivity index (χ1v) is 7.55. The standard InChI is InChI=1S/C16H17ClN2O4/c17-14-1-2-15(12(10-14)9-13(11-18)16(20)21)23-8-5-19-3-6-22-7-4-19/h1-2,9-10H,3-8H2,(H,20,21)/b13-9-. The number of nitriles is 1. The Morgan fingerprint density at radius 3 is 2.87 bits per heavy atom. The van der Waals surface area contributed by atoms with Crippen molar-refractivity contribution in [3.8, 4) is 11.8 Å². The Kier molecular flexibility index (Phi) is 6.41. The first kappa shape index (κ1) is 17.3. The Morgan fingerprint density at radius 2 is 2.22 bits per heavy atom. The summed E-state index contributed by atoms with van der Waals surface area (Å²) in [7, 11) is 0. The monoisotopic (exact) mass is 336 g/mol. The number of hydrogen-bond donors (Lipinski definition) is 1. The number of rotatable bonds is 6. The Hall–Kier alpha value is -2.07. The third kappa shape index (κ3) is 5.25. The molecule has 0 unspecified atom stereocenters. The molecular weight excluding hydrogens is 320 g/mol. The number of benzene rings is 1.